The van der Waals surface area contributed by atoms with E-state index in [0.717, 1.165) is 23.0 Å². The highest BCUT2D eigenvalue weighted by molar-refractivity contribution is 7.89. The Bertz CT molecular complexity index is 1230. The summed E-state index contributed by atoms with van der Waals surface area (Å²) in [7, 11) is -0.878. The highest BCUT2D eigenvalue weighted by atomic mass is 32.2. The number of fused-ring (bicyclic) bond motifs is 1. The van der Waals surface area contributed by atoms with Gasteiger partial charge in [0.25, 0.3) is 0 Å². The smallest absolute Gasteiger partial charge is 0.244 e. The minimum absolute atomic E-state index is 0.0703. The molecule has 1 aromatic carbocycles. The summed E-state index contributed by atoms with van der Waals surface area (Å²) in [6.07, 6.45) is 3.84. The molecule has 0 atom stereocenters. The van der Waals surface area contributed by atoms with Crippen molar-refractivity contribution in [3.8, 4) is 5.75 Å². The van der Waals surface area contributed by atoms with E-state index in [1.807, 2.05) is 47.8 Å². The molecule has 30 heavy (non-hydrogen) atoms. The van der Waals surface area contributed by atoms with E-state index in [1.165, 1.54) is 14.2 Å². The number of rotatable bonds is 6. The van der Waals surface area contributed by atoms with Crippen LogP contribution in [0.3, 0.4) is 0 Å². The molecule has 11 heteroatoms. The monoisotopic (exact) mass is 429 g/mol. The maximum Gasteiger partial charge on any atom is 0.244 e. The van der Waals surface area contributed by atoms with Crippen molar-refractivity contribution < 1.29 is 13.2 Å². The van der Waals surface area contributed by atoms with Crippen LogP contribution >= 0.6 is 0 Å². The first-order valence-electron chi connectivity index (χ1n) is 9.25. The second-order valence-corrected chi connectivity index (χ2v) is 8.77. The number of aromatic amines is 1. The molecule has 0 spiro atoms. The van der Waals surface area contributed by atoms with Crippen molar-refractivity contribution in [3.05, 3.63) is 53.9 Å². The number of sulfonamides is 1. The predicted octanol–water partition coefficient (Wildman–Crippen LogP) is 2.03. The average Bonchev–Trinajstić information content (AvgIpc) is 3.31. The van der Waals surface area contributed by atoms with E-state index in [-0.39, 0.29) is 10.6 Å². The summed E-state index contributed by atoms with van der Waals surface area (Å²) >= 11 is 0. The summed E-state index contributed by atoms with van der Waals surface area (Å²) in [4.78, 5) is 6.60. The Kier molecular flexibility index (Phi) is 5.00. The molecule has 0 fully saturated rings. The lowest BCUT2D eigenvalue weighted by molar-refractivity contribution is 0.402. The van der Waals surface area contributed by atoms with Gasteiger partial charge in [0.15, 0.2) is 5.82 Å². The van der Waals surface area contributed by atoms with Crippen LogP contribution in [0.5, 0.6) is 5.75 Å². The first-order chi connectivity index (χ1) is 14.3. The van der Waals surface area contributed by atoms with Gasteiger partial charge in [0.2, 0.25) is 10.0 Å². The van der Waals surface area contributed by atoms with Crippen LogP contribution in [0.4, 0.5) is 11.5 Å². The maximum absolute atomic E-state index is 12.5. The molecule has 1 aliphatic heterocycles. The van der Waals surface area contributed by atoms with Gasteiger partial charge in [-0.25, -0.2) is 18.1 Å². The first kappa shape index (κ1) is 20.0. The summed E-state index contributed by atoms with van der Waals surface area (Å²) in [5, 5.41) is 10.4. The number of nitrogens with zero attached hydrogens (tertiary/aromatic N) is 4. The van der Waals surface area contributed by atoms with Crippen LogP contribution in [0.25, 0.3) is 5.82 Å². The van der Waals surface area contributed by atoms with Crippen LogP contribution < -0.4 is 19.7 Å². The quantitative estimate of drug-likeness (QED) is 0.549. The molecule has 4 rings (SSSR count). The van der Waals surface area contributed by atoms with E-state index in [9.17, 15) is 8.42 Å². The van der Waals surface area contributed by atoms with Crippen molar-refractivity contribution in [2.45, 2.75) is 25.3 Å². The second kappa shape index (κ2) is 7.50. The molecule has 3 aromatic rings. The largest absolute Gasteiger partial charge is 0.495 e. The van der Waals surface area contributed by atoms with Crippen molar-refractivity contribution in [1.82, 2.24) is 24.5 Å². The zero-order chi connectivity index (χ0) is 21.5. The first-order valence-corrected chi connectivity index (χ1v) is 10.7. The second-order valence-electron chi connectivity index (χ2n) is 6.91. The summed E-state index contributed by atoms with van der Waals surface area (Å²) in [5.41, 5.74) is 2.50. The van der Waals surface area contributed by atoms with Gasteiger partial charge < -0.3 is 15.0 Å². The van der Waals surface area contributed by atoms with Crippen LogP contribution in [0.2, 0.25) is 0 Å². The molecule has 0 saturated carbocycles. The minimum Gasteiger partial charge on any atom is -0.495 e. The number of imidazole rings is 1. The van der Waals surface area contributed by atoms with Crippen molar-refractivity contribution in [2.24, 2.45) is 0 Å². The topological polar surface area (TPSA) is 117 Å². The van der Waals surface area contributed by atoms with Crippen molar-refractivity contribution in [1.29, 1.82) is 0 Å². The Morgan fingerprint density at radius 1 is 1.23 bits per heavy atom. The number of hydrogen-bond donors (Lipinski definition) is 3. The Labute approximate surface area is 174 Å². The van der Waals surface area contributed by atoms with Gasteiger partial charge in [-0.15, -0.1) is 0 Å². The average molecular weight is 430 g/mol. The number of anilines is 2. The third-order valence-electron chi connectivity index (χ3n) is 4.75. The standard InChI is InChI=1S/C19H23N7O3S/c1-12-7-17(24-23-12)22-19-11-25(10-18-21-13(2)9-26(18)19)14-5-6-15(29-4)16(8-14)30(27,28)20-3/h5-9,11,20H,10H2,1-4H3,(H2,22,23,24). The lowest BCUT2D eigenvalue weighted by atomic mass is 10.2. The number of ether oxygens (including phenoxy) is 1. The lowest BCUT2D eigenvalue weighted by Gasteiger charge is -2.28. The van der Waals surface area contributed by atoms with E-state index < -0.39 is 10.0 Å². The number of hydrogen-bond acceptors (Lipinski definition) is 7. The number of benzene rings is 1. The van der Waals surface area contributed by atoms with Crippen LogP contribution in [0.15, 0.2) is 41.6 Å². The third-order valence-corrected chi connectivity index (χ3v) is 6.18. The van der Waals surface area contributed by atoms with Crippen LogP contribution in [0, 0.1) is 13.8 Å². The molecule has 0 saturated heterocycles. The van der Waals surface area contributed by atoms with Crippen LogP contribution in [-0.4, -0.2) is 42.3 Å². The summed E-state index contributed by atoms with van der Waals surface area (Å²) in [6.45, 7) is 4.33. The third kappa shape index (κ3) is 3.64. The van der Waals surface area contributed by atoms with E-state index in [1.54, 1.807) is 12.1 Å². The van der Waals surface area contributed by atoms with Crippen molar-refractivity contribution in [2.75, 3.05) is 24.4 Å². The van der Waals surface area contributed by atoms with Gasteiger partial charge >= 0.3 is 0 Å². The molecular formula is C19H23N7O3S. The fourth-order valence-corrected chi connectivity index (χ4v) is 4.22. The molecule has 0 bridgehead atoms. The molecule has 3 heterocycles. The van der Waals surface area contributed by atoms with Gasteiger partial charge in [0, 0.05) is 29.8 Å². The SMILES string of the molecule is CNS(=O)(=O)c1cc(N2C=C(Nc3cc(C)[nH]n3)n3cc(C)nc3C2)ccc1OC. The highest BCUT2D eigenvalue weighted by Crippen LogP contribution is 2.32. The molecule has 0 amide bonds. The lowest BCUT2D eigenvalue weighted by Crippen LogP contribution is -2.27. The minimum atomic E-state index is -3.69. The molecule has 1 aliphatic rings. The highest BCUT2D eigenvalue weighted by Gasteiger charge is 2.24. The van der Waals surface area contributed by atoms with Gasteiger partial charge in [-0.05, 0) is 39.1 Å². The van der Waals surface area contributed by atoms with Gasteiger partial charge in [0.05, 0.1) is 19.3 Å². The Morgan fingerprint density at radius 3 is 2.70 bits per heavy atom. The zero-order valence-electron chi connectivity index (χ0n) is 17.1. The summed E-state index contributed by atoms with van der Waals surface area (Å²) in [5.74, 6) is 2.51. The fraction of sp³-hybridized carbons (Fsp3) is 0.263. The summed E-state index contributed by atoms with van der Waals surface area (Å²) in [6, 6.07) is 6.94. The van der Waals surface area contributed by atoms with Gasteiger partial charge in [-0.1, -0.05) is 0 Å². The van der Waals surface area contributed by atoms with E-state index >= 15 is 0 Å². The van der Waals surface area contributed by atoms with Crippen molar-refractivity contribution >= 4 is 27.3 Å². The van der Waals surface area contributed by atoms with E-state index in [2.05, 4.69) is 25.2 Å². The molecular weight excluding hydrogens is 406 g/mol. The molecule has 158 valence electrons. The van der Waals surface area contributed by atoms with Crippen molar-refractivity contribution in [3.63, 3.8) is 0 Å². The number of nitrogens with one attached hydrogen (secondary N) is 3. The molecule has 0 unspecified atom stereocenters. The molecule has 2 aromatic heterocycles. The number of aromatic nitrogens is 4. The molecule has 0 radical (unpaired) electrons. The normalized spacial score (nSPS) is 13.7. The maximum atomic E-state index is 12.5. The Balaban J connectivity index is 1.77. The summed E-state index contributed by atoms with van der Waals surface area (Å²) < 4.78 is 34.5. The number of aryl methyl sites for hydroxylation is 2. The Hall–Kier alpha value is -3.31. The number of H-pyrrole nitrogens is 1. The molecule has 0 aliphatic carbocycles. The van der Waals surface area contributed by atoms with Gasteiger partial charge in [0.1, 0.15) is 22.3 Å². The van der Waals surface area contributed by atoms with E-state index in [0.29, 0.717) is 18.1 Å². The predicted molar refractivity (Wildman–Crippen MR) is 114 cm³/mol. The van der Waals surface area contributed by atoms with Crippen LogP contribution in [-0.2, 0) is 16.6 Å². The zero-order valence-corrected chi connectivity index (χ0v) is 17.9. The molecule has 10 nitrogen and oxygen atoms in total. The van der Waals surface area contributed by atoms with Crippen LogP contribution in [0.1, 0.15) is 17.2 Å². The fourth-order valence-electron chi connectivity index (χ4n) is 3.31. The Morgan fingerprint density at radius 2 is 2.03 bits per heavy atom. The van der Waals surface area contributed by atoms with Gasteiger partial charge in [-0.3, -0.25) is 9.67 Å². The van der Waals surface area contributed by atoms with E-state index in [4.69, 9.17) is 4.74 Å². The number of methoxy groups -OCH3 is 1. The van der Waals surface area contributed by atoms with Gasteiger partial charge in [-0.2, -0.15) is 5.10 Å². The molecule has 3 N–H and O–H groups in total.